The van der Waals surface area contributed by atoms with E-state index in [0.29, 0.717) is 6.54 Å². The highest BCUT2D eigenvalue weighted by atomic mass is 16.3. The fraction of sp³-hybridized carbons (Fsp3) is 0.647. The Bertz CT molecular complexity index is 448. The summed E-state index contributed by atoms with van der Waals surface area (Å²) < 4.78 is 0. The van der Waals surface area contributed by atoms with E-state index in [4.69, 9.17) is 5.73 Å². The largest absolute Gasteiger partial charge is 0.389 e. The zero-order valence-electron chi connectivity index (χ0n) is 11.7. The van der Waals surface area contributed by atoms with Crippen LogP contribution in [0.1, 0.15) is 56.1 Å². The lowest BCUT2D eigenvalue weighted by molar-refractivity contribution is -0.0498. The first-order chi connectivity index (χ1) is 9.22. The van der Waals surface area contributed by atoms with Gasteiger partial charge >= 0.3 is 0 Å². The van der Waals surface area contributed by atoms with Crippen molar-refractivity contribution in [1.29, 1.82) is 0 Å². The Morgan fingerprint density at radius 2 is 1.68 bits per heavy atom. The summed E-state index contributed by atoms with van der Waals surface area (Å²) in [6.45, 7) is 0.570. The maximum Gasteiger partial charge on any atom is 0.0756 e. The van der Waals surface area contributed by atoms with Crippen LogP contribution in [0.3, 0.4) is 0 Å². The Hall–Kier alpha value is -0.860. The van der Waals surface area contributed by atoms with Gasteiger partial charge in [0.05, 0.1) is 5.60 Å². The lowest BCUT2D eigenvalue weighted by atomic mass is 9.64. The molecule has 1 saturated carbocycles. The van der Waals surface area contributed by atoms with Crippen molar-refractivity contribution in [1.82, 2.24) is 0 Å². The number of rotatable bonds is 2. The van der Waals surface area contributed by atoms with E-state index >= 15 is 0 Å². The van der Waals surface area contributed by atoms with E-state index in [-0.39, 0.29) is 5.41 Å². The van der Waals surface area contributed by atoms with E-state index in [1.807, 2.05) is 0 Å². The molecule has 1 aromatic rings. The van der Waals surface area contributed by atoms with Crippen molar-refractivity contribution in [3.05, 3.63) is 35.4 Å². The number of hydrogen-bond donors (Lipinski definition) is 2. The minimum absolute atomic E-state index is 0.200. The predicted molar refractivity (Wildman–Crippen MR) is 78.1 cm³/mol. The topological polar surface area (TPSA) is 46.2 Å². The Morgan fingerprint density at radius 1 is 1.00 bits per heavy atom. The smallest absolute Gasteiger partial charge is 0.0756 e. The first-order valence-electron chi connectivity index (χ1n) is 7.73. The van der Waals surface area contributed by atoms with E-state index in [9.17, 15) is 5.11 Å². The molecule has 2 heteroatoms. The summed E-state index contributed by atoms with van der Waals surface area (Å²) in [7, 11) is 0. The minimum atomic E-state index is -0.592. The molecule has 0 saturated heterocycles. The van der Waals surface area contributed by atoms with Crippen molar-refractivity contribution in [2.45, 2.75) is 62.4 Å². The molecule has 0 spiro atoms. The van der Waals surface area contributed by atoms with Crippen LogP contribution in [-0.4, -0.2) is 17.3 Å². The maximum atomic E-state index is 11.4. The SMILES string of the molecule is NCC1(C2(O)CCCCCC2)CCc2ccccc21. The molecule has 1 atom stereocenters. The highest BCUT2D eigenvalue weighted by molar-refractivity contribution is 5.42. The third kappa shape index (κ3) is 1.93. The summed E-state index contributed by atoms with van der Waals surface area (Å²) in [4.78, 5) is 0. The second-order valence-electron chi connectivity index (χ2n) is 6.39. The molecule has 19 heavy (non-hydrogen) atoms. The van der Waals surface area contributed by atoms with Crippen LogP contribution in [0.15, 0.2) is 24.3 Å². The summed E-state index contributed by atoms with van der Waals surface area (Å²) in [6, 6.07) is 8.59. The highest BCUT2D eigenvalue weighted by Crippen LogP contribution is 2.50. The molecule has 3 rings (SSSR count). The van der Waals surface area contributed by atoms with Gasteiger partial charge in [-0.05, 0) is 36.8 Å². The van der Waals surface area contributed by atoms with Crippen LogP contribution in [0.25, 0.3) is 0 Å². The van der Waals surface area contributed by atoms with Crippen LogP contribution in [0.2, 0.25) is 0 Å². The van der Waals surface area contributed by atoms with Gasteiger partial charge < -0.3 is 10.8 Å². The molecule has 0 aromatic heterocycles. The summed E-state index contributed by atoms with van der Waals surface area (Å²) in [6.07, 6.45) is 8.70. The number of hydrogen-bond acceptors (Lipinski definition) is 2. The maximum absolute atomic E-state index is 11.4. The summed E-state index contributed by atoms with van der Waals surface area (Å²) >= 11 is 0. The van der Waals surface area contributed by atoms with Gasteiger partial charge in [-0.2, -0.15) is 0 Å². The lowest BCUT2D eigenvalue weighted by Gasteiger charge is -2.45. The Morgan fingerprint density at radius 3 is 2.37 bits per heavy atom. The molecule has 3 N–H and O–H groups in total. The molecule has 2 aliphatic carbocycles. The van der Waals surface area contributed by atoms with Crippen LogP contribution in [-0.2, 0) is 11.8 Å². The Balaban J connectivity index is 2.04. The van der Waals surface area contributed by atoms with Crippen molar-refractivity contribution < 1.29 is 5.11 Å². The molecule has 1 unspecified atom stereocenters. The molecule has 0 amide bonds. The van der Waals surface area contributed by atoms with E-state index in [1.54, 1.807) is 0 Å². The molecule has 2 aliphatic rings. The number of benzene rings is 1. The van der Waals surface area contributed by atoms with Crippen LogP contribution in [0.5, 0.6) is 0 Å². The Labute approximate surface area is 116 Å². The van der Waals surface area contributed by atoms with Crippen LogP contribution in [0, 0.1) is 0 Å². The fourth-order valence-corrected chi connectivity index (χ4v) is 4.37. The molecule has 104 valence electrons. The lowest BCUT2D eigenvalue weighted by Crippen LogP contribution is -2.54. The van der Waals surface area contributed by atoms with Crippen molar-refractivity contribution in [2.75, 3.05) is 6.54 Å². The molecule has 1 fully saturated rings. The van der Waals surface area contributed by atoms with E-state index in [0.717, 1.165) is 38.5 Å². The molecular formula is C17H25NO. The van der Waals surface area contributed by atoms with E-state index < -0.39 is 5.60 Å². The van der Waals surface area contributed by atoms with Gasteiger partial charge in [0.1, 0.15) is 0 Å². The molecule has 0 aliphatic heterocycles. The number of nitrogens with two attached hydrogens (primary N) is 1. The summed E-state index contributed by atoms with van der Waals surface area (Å²) in [5, 5.41) is 11.4. The summed E-state index contributed by atoms with van der Waals surface area (Å²) in [5.41, 5.74) is 8.11. The van der Waals surface area contributed by atoms with Gasteiger partial charge in [-0.25, -0.2) is 0 Å². The van der Waals surface area contributed by atoms with Crippen molar-refractivity contribution in [3.63, 3.8) is 0 Å². The van der Waals surface area contributed by atoms with Gasteiger partial charge in [0, 0.05) is 12.0 Å². The van der Waals surface area contributed by atoms with Gasteiger partial charge in [0.15, 0.2) is 0 Å². The third-order valence-corrected chi connectivity index (χ3v) is 5.52. The van der Waals surface area contributed by atoms with Gasteiger partial charge in [0.25, 0.3) is 0 Å². The average molecular weight is 259 g/mol. The zero-order chi connectivity index (χ0) is 13.3. The van der Waals surface area contributed by atoms with Crippen molar-refractivity contribution in [3.8, 4) is 0 Å². The summed E-state index contributed by atoms with van der Waals surface area (Å²) in [5.74, 6) is 0. The van der Waals surface area contributed by atoms with Crippen LogP contribution >= 0.6 is 0 Å². The van der Waals surface area contributed by atoms with E-state index in [1.165, 1.54) is 24.0 Å². The molecular weight excluding hydrogens is 234 g/mol. The molecule has 1 aromatic carbocycles. The van der Waals surface area contributed by atoms with Crippen LogP contribution < -0.4 is 5.73 Å². The van der Waals surface area contributed by atoms with E-state index in [2.05, 4.69) is 24.3 Å². The molecule has 0 heterocycles. The Kier molecular flexibility index (Phi) is 3.40. The van der Waals surface area contributed by atoms with Crippen LogP contribution in [0.4, 0.5) is 0 Å². The third-order valence-electron chi connectivity index (χ3n) is 5.52. The van der Waals surface area contributed by atoms with Crippen molar-refractivity contribution in [2.24, 2.45) is 5.73 Å². The molecule has 0 bridgehead atoms. The van der Waals surface area contributed by atoms with Gasteiger partial charge in [-0.1, -0.05) is 49.9 Å². The number of fused-ring (bicyclic) bond motifs is 1. The number of aryl methyl sites for hydroxylation is 1. The number of aliphatic hydroxyl groups is 1. The highest BCUT2D eigenvalue weighted by Gasteiger charge is 2.52. The van der Waals surface area contributed by atoms with Crippen molar-refractivity contribution >= 4 is 0 Å². The molecule has 0 radical (unpaired) electrons. The zero-order valence-corrected chi connectivity index (χ0v) is 11.7. The second-order valence-corrected chi connectivity index (χ2v) is 6.39. The minimum Gasteiger partial charge on any atom is -0.389 e. The average Bonchev–Trinajstić information content (AvgIpc) is 2.69. The second kappa shape index (κ2) is 4.92. The van der Waals surface area contributed by atoms with Gasteiger partial charge in [-0.3, -0.25) is 0 Å². The van der Waals surface area contributed by atoms with Gasteiger partial charge in [-0.15, -0.1) is 0 Å². The first-order valence-corrected chi connectivity index (χ1v) is 7.73. The quantitative estimate of drug-likeness (QED) is 0.802. The molecule has 2 nitrogen and oxygen atoms in total. The first kappa shape index (κ1) is 13.1. The normalized spacial score (nSPS) is 29.8. The standard InChI is InChI=1S/C17H25NO/c18-13-16(17(19)10-5-1-2-6-11-17)12-9-14-7-3-4-8-15(14)16/h3-4,7-8,19H,1-2,5-6,9-13,18H2. The monoisotopic (exact) mass is 259 g/mol. The predicted octanol–water partition coefficient (Wildman–Crippen LogP) is 2.91. The fourth-order valence-electron chi connectivity index (χ4n) is 4.37. The van der Waals surface area contributed by atoms with Gasteiger partial charge in [0.2, 0.25) is 0 Å².